The number of aryl methyl sites for hydroxylation is 1. The Morgan fingerprint density at radius 3 is 2.57 bits per heavy atom. The van der Waals surface area contributed by atoms with E-state index in [-0.39, 0.29) is 5.02 Å². The molecule has 1 rings (SSSR count). The van der Waals surface area contributed by atoms with Crippen LogP contribution in [0.1, 0.15) is 31.7 Å². The molecule has 0 fully saturated rings. The lowest BCUT2D eigenvalue weighted by Gasteiger charge is -2.04. The number of hydrogen-bond donors (Lipinski definition) is 0. The van der Waals surface area contributed by atoms with Gasteiger partial charge in [-0.25, -0.2) is 8.78 Å². The summed E-state index contributed by atoms with van der Waals surface area (Å²) in [5.41, 5.74) is 0.567. The van der Waals surface area contributed by atoms with E-state index >= 15 is 0 Å². The molecule has 0 saturated heterocycles. The van der Waals surface area contributed by atoms with Gasteiger partial charge in [-0.1, -0.05) is 31.4 Å². The van der Waals surface area contributed by atoms with Crippen molar-refractivity contribution in [1.82, 2.24) is 0 Å². The van der Waals surface area contributed by atoms with Crippen LogP contribution in [0.15, 0.2) is 12.1 Å². The molecule has 0 aromatic heterocycles. The highest BCUT2D eigenvalue weighted by Crippen LogP contribution is 2.23. The summed E-state index contributed by atoms with van der Waals surface area (Å²) in [5, 5.41) is 0.0579. The summed E-state index contributed by atoms with van der Waals surface area (Å²) in [4.78, 5) is 0. The molecule has 1 aromatic rings. The van der Waals surface area contributed by atoms with Crippen LogP contribution in [0.4, 0.5) is 8.78 Å². The zero-order valence-electron chi connectivity index (χ0n) is 8.12. The van der Waals surface area contributed by atoms with E-state index in [1.165, 1.54) is 6.07 Å². The van der Waals surface area contributed by atoms with Gasteiger partial charge in [-0.3, -0.25) is 0 Å². The highest BCUT2D eigenvalue weighted by molar-refractivity contribution is 6.31. The lowest BCUT2D eigenvalue weighted by atomic mass is 10.1. The number of unbranched alkanes of at least 4 members (excludes halogenated alkanes) is 2. The van der Waals surface area contributed by atoms with Crippen LogP contribution in [-0.4, -0.2) is 0 Å². The van der Waals surface area contributed by atoms with Gasteiger partial charge < -0.3 is 0 Å². The van der Waals surface area contributed by atoms with Gasteiger partial charge in [0.15, 0.2) is 0 Å². The molecule has 0 radical (unpaired) electrons. The maximum atomic E-state index is 13.0. The van der Waals surface area contributed by atoms with Gasteiger partial charge >= 0.3 is 0 Å². The quantitative estimate of drug-likeness (QED) is 0.521. The van der Waals surface area contributed by atoms with Crippen LogP contribution >= 0.6 is 11.6 Å². The maximum absolute atomic E-state index is 13.0. The van der Waals surface area contributed by atoms with Gasteiger partial charge in [0, 0.05) is 6.07 Å². The normalized spacial score (nSPS) is 10.6. The zero-order chi connectivity index (χ0) is 10.6. The standard InChI is InChI=1S/C11H13ClF2/c1-2-3-4-5-8-6-9(13)7-10(14)11(8)12/h6-7H,2-5H2,1H3. The molecule has 0 bridgehead atoms. The average Bonchev–Trinajstić information content (AvgIpc) is 2.13. The summed E-state index contributed by atoms with van der Waals surface area (Å²) >= 11 is 5.70. The van der Waals surface area contributed by atoms with Crippen LogP contribution in [0.3, 0.4) is 0 Å². The first-order valence-electron chi connectivity index (χ1n) is 4.78. The monoisotopic (exact) mass is 218 g/mol. The molecule has 0 aliphatic carbocycles. The Balaban J connectivity index is 2.75. The predicted octanol–water partition coefficient (Wildman–Crippen LogP) is 4.35. The SMILES string of the molecule is CCCCCc1cc(F)cc(F)c1Cl. The summed E-state index contributed by atoms with van der Waals surface area (Å²) in [7, 11) is 0. The lowest BCUT2D eigenvalue weighted by Crippen LogP contribution is -1.92. The van der Waals surface area contributed by atoms with Crippen LogP contribution in [0, 0.1) is 11.6 Å². The van der Waals surface area contributed by atoms with E-state index in [2.05, 4.69) is 6.92 Å². The van der Waals surface area contributed by atoms with E-state index in [1.807, 2.05) is 0 Å². The Bertz CT molecular complexity index is 310. The van der Waals surface area contributed by atoms with E-state index < -0.39 is 11.6 Å². The van der Waals surface area contributed by atoms with E-state index in [0.29, 0.717) is 12.0 Å². The predicted molar refractivity (Wildman–Crippen MR) is 54.6 cm³/mol. The van der Waals surface area contributed by atoms with E-state index in [9.17, 15) is 8.78 Å². The third-order valence-corrected chi connectivity index (χ3v) is 2.54. The zero-order valence-corrected chi connectivity index (χ0v) is 8.87. The van der Waals surface area contributed by atoms with Gasteiger partial charge in [0.2, 0.25) is 0 Å². The van der Waals surface area contributed by atoms with Crippen molar-refractivity contribution in [2.45, 2.75) is 32.6 Å². The summed E-state index contributed by atoms with van der Waals surface area (Å²) in [6.07, 6.45) is 3.68. The third-order valence-electron chi connectivity index (χ3n) is 2.12. The molecule has 3 heteroatoms. The van der Waals surface area contributed by atoms with Crippen molar-refractivity contribution in [1.29, 1.82) is 0 Å². The third kappa shape index (κ3) is 2.95. The second-order valence-electron chi connectivity index (χ2n) is 3.32. The maximum Gasteiger partial charge on any atom is 0.144 e. The van der Waals surface area contributed by atoms with Crippen molar-refractivity contribution in [3.05, 3.63) is 34.4 Å². The Labute approximate surface area is 87.9 Å². The second-order valence-corrected chi connectivity index (χ2v) is 3.70. The van der Waals surface area contributed by atoms with Crippen LogP contribution in [0.25, 0.3) is 0 Å². The molecule has 0 amide bonds. The van der Waals surface area contributed by atoms with Crippen LogP contribution < -0.4 is 0 Å². The molecule has 1 aromatic carbocycles. The molecular formula is C11H13ClF2. The number of hydrogen-bond acceptors (Lipinski definition) is 0. The van der Waals surface area contributed by atoms with Crippen molar-refractivity contribution in [2.75, 3.05) is 0 Å². The molecule has 0 nitrogen and oxygen atoms in total. The average molecular weight is 219 g/mol. The van der Waals surface area contributed by atoms with Crippen molar-refractivity contribution in [3.8, 4) is 0 Å². The summed E-state index contributed by atoms with van der Waals surface area (Å²) < 4.78 is 25.8. The molecule has 0 N–H and O–H groups in total. The van der Waals surface area contributed by atoms with Crippen LogP contribution in [0.2, 0.25) is 5.02 Å². The molecule has 0 aliphatic heterocycles. The topological polar surface area (TPSA) is 0 Å². The summed E-state index contributed by atoms with van der Waals surface area (Å²) in [6, 6.07) is 2.12. The minimum absolute atomic E-state index is 0.0579. The van der Waals surface area contributed by atoms with E-state index in [1.54, 1.807) is 0 Å². The minimum atomic E-state index is -0.668. The Morgan fingerprint density at radius 2 is 1.93 bits per heavy atom. The Hall–Kier alpha value is -0.630. The molecule has 0 unspecified atom stereocenters. The summed E-state index contributed by atoms with van der Waals surface area (Å²) in [5.74, 6) is -1.23. The molecule has 0 saturated carbocycles. The van der Waals surface area contributed by atoms with Gasteiger partial charge in [-0.15, -0.1) is 0 Å². The van der Waals surface area contributed by atoms with Gasteiger partial charge in [-0.2, -0.15) is 0 Å². The lowest BCUT2D eigenvalue weighted by molar-refractivity contribution is 0.578. The smallest absolute Gasteiger partial charge is 0.144 e. The van der Waals surface area contributed by atoms with E-state index in [4.69, 9.17) is 11.6 Å². The van der Waals surface area contributed by atoms with Gasteiger partial charge in [0.1, 0.15) is 11.6 Å². The fraction of sp³-hybridized carbons (Fsp3) is 0.455. The van der Waals surface area contributed by atoms with Gasteiger partial charge in [0.05, 0.1) is 5.02 Å². The molecular weight excluding hydrogens is 206 g/mol. The summed E-state index contributed by atoms with van der Waals surface area (Å²) in [6.45, 7) is 2.08. The molecule has 0 aliphatic rings. The largest absolute Gasteiger partial charge is 0.207 e. The molecule has 0 heterocycles. The Morgan fingerprint density at radius 1 is 1.21 bits per heavy atom. The van der Waals surface area contributed by atoms with Crippen molar-refractivity contribution in [2.24, 2.45) is 0 Å². The minimum Gasteiger partial charge on any atom is -0.207 e. The fourth-order valence-electron chi connectivity index (χ4n) is 1.36. The molecule has 0 atom stereocenters. The molecule has 0 spiro atoms. The molecule has 78 valence electrons. The fourth-order valence-corrected chi connectivity index (χ4v) is 1.56. The van der Waals surface area contributed by atoms with Crippen molar-refractivity contribution >= 4 is 11.6 Å². The second kappa shape index (κ2) is 5.30. The Kier molecular flexibility index (Phi) is 4.33. The molecule has 14 heavy (non-hydrogen) atoms. The highest BCUT2D eigenvalue weighted by Gasteiger charge is 2.08. The first-order chi connectivity index (χ1) is 6.65. The van der Waals surface area contributed by atoms with Gasteiger partial charge in [-0.05, 0) is 24.5 Å². The number of rotatable bonds is 4. The van der Waals surface area contributed by atoms with Crippen molar-refractivity contribution < 1.29 is 8.78 Å². The highest BCUT2D eigenvalue weighted by atomic mass is 35.5. The number of benzene rings is 1. The van der Waals surface area contributed by atoms with Crippen LogP contribution in [-0.2, 0) is 6.42 Å². The van der Waals surface area contributed by atoms with E-state index in [0.717, 1.165) is 25.3 Å². The first-order valence-corrected chi connectivity index (χ1v) is 5.16. The van der Waals surface area contributed by atoms with Crippen molar-refractivity contribution in [3.63, 3.8) is 0 Å². The number of halogens is 3. The van der Waals surface area contributed by atoms with Gasteiger partial charge in [0.25, 0.3) is 0 Å². The van der Waals surface area contributed by atoms with Crippen LogP contribution in [0.5, 0.6) is 0 Å². The first kappa shape index (κ1) is 11.4.